The predicted octanol–water partition coefficient (Wildman–Crippen LogP) is 5.82. The number of nitrogens with zero attached hydrogens (tertiary/aromatic N) is 4. The van der Waals surface area contributed by atoms with Crippen LogP contribution in [0.2, 0.25) is 0 Å². The van der Waals surface area contributed by atoms with Crippen molar-refractivity contribution < 1.29 is 32.2 Å². The number of hydrogen-bond acceptors (Lipinski definition) is 10. The number of aromatic nitrogens is 3. The minimum Gasteiger partial charge on any atom is -0.494 e. The number of ether oxygens (including phenoxy) is 3. The van der Waals surface area contributed by atoms with Crippen LogP contribution >= 0.6 is 0 Å². The minimum absolute atomic E-state index is 0.00297. The first-order chi connectivity index (χ1) is 21.8. The molecule has 0 unspecified atom stereocenters. The summed E-state index contributed by atoms with van der Waals surface area (Å²) in [5, 5.41) is 9.03. The Balaban J connectivity index is 1.61. The van der Waals surface area contributed by atoms with Gasteiger partial charge >= 0.3 is 12.2 Å². The smallest absolute Gasteiger partial charge is 0.422 e. The van der Waals surface area contributed by atoms with E-state index in [0.29, 0.717) is 42.5 Å². The quantitative estimate of drug-likeness (QED) is 0.290. The molecule has 14 heteroatoms. The molecule has 1 aliphatic rings. The van der Waals surface area contributed by atoms with E-state index in [1.807, 2.05) is 38.4 Å². The van der Waals surface area contributed by atoms with Crippen LogP contribution in [0.4, 0.5) is 30.8 Å². The molecule has 2 heterocycles. The van der Waals surface area contributed by atoms with Crippen LogP contribution in [0.5, 0.6) is 17.5 Å². The Labute approximate surface area is 267 Å². The first-order valence-corrected chi connectivity index (χ1v) is 15.2. The summed E-state index contributed by atoms with van der Waals surface area (Å²) >= 11 is 0. The molecule has 0 atom stereocenters. The molecule has 0 aliphatic carbocycles. The van der Waals surface area contributed by atoms with E-state index in [9.17, 15) is 18.0 Å². The summed E-state index contributed by atoms with van der Waals surface area (Å²) in [5.74, 6) is 0.722. The number of hydrogen-bond donors (Lipinski definition) is 3. The Morgan fingerprint density at radius 2 is 1.72 bits per heavy atom. The Kier molecular flexibility index (Phi) is 11.9. The molecular weight excluding hydrogens is 603 g/mol. The number of rotatable bonds is 7. The molecule has 6 bridgehead atoms. The number of fused-ring (bicyclic) bond motifs is 6. The second-order valence-corrected chi connectivity index (χ2v) is 12.2. The van der Waals surface area contributed by atoms with Crippen molar-refractivity contribution in [3.8, 4) is 17.5 Å². The topological polar surface area (TPSA) is 123 Å². The van der Waals surface area contributed by atoms with E-state index in [2.05, 4.69) is 49.6 Å². The number of halogens is 3. The van der Waals surface area contributed by atoms with Crippen LogP contribution in [0, 0.1) is 5.41 Å². The van der Waals surface area contributed by atoms with E-state index in [4.69, 9.17) is 14.2 Å². The average Bonchev–Trinajstić information content (AvgIpc) is 2.98. The van der Waals surface area contributed by atoms with Crippen molar-refractivity contribution in [2.24, 2.45) is 5.41 Å². The number of alkyl halides is 3. The molecule has 1 amide bonds. The van der Waals surface area contributed by atoms with E-state index in [-0.39, 0.29) is 29.8 Å². The molecule has 3 aromatic rings. The number of anilines is 3. The van der Waals surface area contributed by atoms with Crippen LogP contribution < -0.4 is 30.2 Å². The van der Waals surface area contributed by atoms with Gasteiger partial charge in [-0.3, -0.25) is 4.79 Å². The molecule has 4 rings (SSSR count). The van der Waals surface area contributed by atoms with E-state index < -0.39 is 18.8 Å². The standard InChI is InChI=1S/C32H42F3N7O4/c1-31(2,20-42(3)4)19-37-27(43)25-13-12-23-17-26(25)45-15-8-6-5-7-14-44-24-11-9-10-22(16-24)18-36-28-39-29(38-23)41-30(40-28)46-21-32(33,34)35/h9-13,16-17H,5-8,14-15,18-21H2,1-4H3,(H,37,43)(H2,36,38,39,40,41). The summed E-state index contributed by atoms with van der Waals surface area (Å²) in [4.78, 5) is 27.8. The van der Waals surface area contributed by atoms with Crippen molar-refractivity contribution in [1.82, 2.24) is 25.2 Å². The average molecular weight is 646 g/mol. The van der Waals surface area contributed by atoms with Gasteiger partial charge in [0.1, 0.15) is 11.5 Å². The summed E-state index contributed by atoms with van der Waals surface area (Å²) in [6.45, 7) is 5.03. The summed E-state index contributed by atoms with van der Waals surface area (Å²) in [7, 11) is 3.97. The maximum absolute atomic E-state index is 13.3. The van der Waals surface area contributed by atoms with Crippen LogP contribution in [0.3, 0.4) is 0 Å². The lowest BCUT2D eigenvalue weighted by atomic mass is 9.93. The van der Waals surface area contributed by atoms with Crippen molar-refractivity contribution in [2.75, 3.05) is 57.6 Å². The van der Waals surface area contributed by atoms with Gasteiger partial charge in [-0.25, -0.2) is 0 Å². The third kappa shape index (κ3) is 11.5. The van der Waals surface area contributed by atoms with Gasteiger partial charge in [0, 0.05) is 31.4 Å². The van der Waals surface area contributed by atoms with Crippen molar-refractivity contribution in [3.63, 3.8) is 0 Å². The third-order valence-electron chi connectivity index (χ3n) is 6.85. The van der Waals surface area contributed by atoms with Crippen molar-refractivity contribution >= 4 is 23.5 Å². The Morgan fingerprint density at radius 1 is 0.978 bits per heavy atom. The molecule has 0 fully saturated rings. The van der Waals surface area contributed by atoms with E-state index >= 15 is 0 Å². The number of benzene rings is 2. The molecule has 1 aliphatic heterocycles. The van der Waals surface area contributed by atoms with Gasteiger partial charge in [0.15, 0.2) is 6.61 Å². The van der Waals surface area contributed by atoms with Crippen LogP contribution in [0.15, 0.2) is 42.5 Å². The summed E-state index contributed by atoms with van der Waals surface area (Å²) in [6, 6.07) is 11.9. The molecule has 2 aromatic carbocycles. The molecule has 250 valence electrons. The van der Waals surface area contributed by atoms with Gasteiger partial charge in [-0.2, -0.15) is 28.1 Å². The number of nitrogens with one attached hydrogen (secondary N) is 3. The molecule has 1 aromatic heterocycles. The van der Waals surface area contributed by atoms with Crippen LogP contribution in [-0.4, -0.2) is 78.9 Å². The molecule has 46 heavy (non-hydrogen) atoms. The zero-order chi connectivity index (χ0) is 33.2. The SMILES string of the molecule is CN(C)CC(C)(C)CNC(=O)c1ccc2cc1OCCCCCCOc1cccc(c1)CNc1nc(nc(OCC(F)(F)F)n1)N2. The lowest BCUT2D eigenvalue weighted by molar-refractivity contribution is -0.154. The van der Waals surface area contributed by atoms with Gasteiger partial charge in [-0.05, 0) is 75.0 Å². The number of amides is 1. The van der Waals surface area contributed by atoms with Crippen LogP contribution in [0.25, 0.3) is 0 Å². The Morgan fingerprint density at radius 3 is 2.46 bits per heavy atom. The monoisotopic (exact) mass is 645 g/mol. The highest BCUT2D eigenvalue weighted by atomic mass is 19.4. The maximum atomic E-state index is 13.3. The first-order valence-electron chi connectivity index (χ1n) is 15.2. The third-order valence-corrected chi connectivity index (χ3v) is 6.85. The normalized spacial score (nSPS) is 14.6. The molecule has 0 saturated heterocycles. The fourth-order valence-electron chi connectivity index (χ4n) is 4.92. The lowest BCUT2D eigenvalue weighted by Gasteiger charge is -2.28. The van der Waals surface area contributed by atoms with E-state index in [0.717, 1.165) is 37.8 Å². The number of carbonyl (C=O) groups excluding carboxylic acids is 1. The van der Waals surface area contributed by atoms with Gasteiger partial charge in [-0.1, -0.05) is 26.0 Å². The highest BCUT2D eigenvalue weighted by Crippen LogP contribution is 2.27. The zero-order valence-electron chi connectivity index (χ0n) is 26.7. The zero-order valence-corrected chi connectivity index (χ0v) is 26.7. The highest BCUT2D eigenvalue weighted by Gasteiger charge is 2.29. The molecule has 3 N–H and O–H groups in total. The van der Waals surface area contributed by atoms with Gasteiger partial charge in [0.05, 0.1) is 18.8 Å². The van der Waals surface area contributed by atoms with Crippen molar-refractivity contribution in [3.05, 3.63) is 53.6 Å². The second-order valence-electron chi connectivity index (χ2n) is 12.2. The van der Waals surface area contributed by atoms with Crippen LogP contribution in [-0.2, 0) is 6.54 Å². The molecule has 11 nitrogen and oxygen atoms in total. The lowest BCUT2D eigenvalue weighted by Crippen LogP contribution is -2.40. The minimum atomic E-state index is -4.58. The second kappa shape index (κ2) is 15.8. The van der Waals surface area contributed by atoms with Crippen molar-refractivity contribution in [1.29, 1.82) is 0 Å². The molecular formula is C32H42F3N7O4. The van der Waals surface area contributed by atoms with Gasteiger partial charge in [0.2, 0.25) is 11.9 Å². The number of carbonyl (C=O) groups is 1. The van der Waals surface area contributed by atoms with E-state index in [1.165, 1.54) is 0 Å². The maximum Gasteiger partial charge on any atom is 0.422 e. The molecule has 0 spiro atoms. The summed E-state index contributed by atoms with van der Waals surface area (Å²) in [5.41, 5.74) is 1.51. The van der Waals surface area contributed by atoms with Gasteiger partial charge in [-0.15, -0.1) is 0 Å². The first kappa shape index (κ1) is 34.5. The molecule has 0 radical (unpaired) electrons. The predicted molar refractivity (Wildman–Crippen MR) is 169 cm³/mol. The largest absolute Gasteiger partial charge is 0.494 e. The fraction of sp³-hybridized carbons (Fsp3) is 0.500. The summed E-state index contributed by atoms with van der Waals surface area (Å²) < 4.78 is 55.6. The van der Waals surface area contributed by atoms with E-state index in [1.54, 1.807) is 18.2 Å². The Hall–Kier alpha value is -4.33. The fourth-order valence-corrected chi connectivity index (χ4v) is 4.92. The summed E-state index contributed by atoms with van der Waals surface area (Å²) in [6.07, 6.45) is -1.07. The van der Waals surface area contributed by atoms with Crippen LogP contribution in [0.1, 0.15) is 55.5 Å². The van der Waals surface area contributed by atoms with Gasteiger partial charge < -0.3 is 35.1 Å². The molecule has 0 saturated carbocycles. The van der Waals surface area contributed by atoms with Gasteiger partial charge in [0.25, 0.3) is 5.91 Å². The van der Waals surface area contributed by atoms with Crippen molar-refractivity contribution in [2.45, 2.75) is 52.3 Å². The highest BCUT2D eigenvalue weighted by molar-refractivity contribution is 5.97. The Bertz CT molecular complexity index is 1450.